The molecule has 0 amide bonds. The number of anilines is 1. The van der Waals surface area contributed by atoms with Crippen LogP contribution in [0.15, 0.2) is 16.6 Å². The van der Waals surface area contributed by atoms with Crippen molar-refractivity contribution in [2.75, 3.05) is 5.32 Å². The minimum absolute atomic E-state index is 0.329. The van der Waals surface area contributed by atoms with Crippen molar-refractivity contribution in [3.05, 3.63) is 22.2 Å². The molecule has 3 heteroatoms. The molecule has 1 aliphatic heterocycles. The number of nitrogens with one attached hydrogen (secondary N) is 1. The molecular formula is C11H14BrNO. The molecule has 0 saturated heterocycles. The number of rotatable bonds is 1. The first-order valence-electron chi connectivity index (χ1n) is 4.86. The fourth-order valence-corrected chi connectivity index (χ4v) is 2.32. The van der Waals surface area contributed by atoms with Gasteiger partial charge >= 0.3 is 0 Å². The van der Waals surface area contributed by atoms with Crippen LogP contribution in [0.3, 0.4) is 0 Å². The van der Waals surface area contributed by atoms with Crippen molar-refractivity contribution >= 4 is 21.6 Å². The maximum atomic E-state index is 9.53. The highest BCUT2D eigenvalue weighted by Gasteiger charge is 2.25. The second-order valence-electron chi connectivity index (χ2n) is 4.12. The molecular weight excluding hydrogens is 242 g/mol. The summed E-state index contributed by atoms with van der Waals surface area (Å²) in [6, 6.07) is 4.15. The Bertz CT molecular complexity index is 363. The van der Waals surface area contributed by atoms with Gasteiger partial charge in [-0.3, -0.25) is 0 Å². The van der Waals surface area contributed by atoms with E-state index in [1.165, 1.54) is 5.56 Å². The van der Waals surface area contributed by atoms with E-state index in [1.54, 1.807) is 6.07 Å². The third kappa shape index (κ3) is 1.50. The van der Waals surface area contributed by atoms with E-state index in [4.69, 9.17) is 0 Å². The summed E-state index contributed by atoms with van der Waals surface area (Å²) in [5.41, 5.74) is 2.34. The normalized spacial score (nSPS) is 19.6. The minimum atomic E-state index is 0.329. The van der Waals surface area contributed by atoms with Crippen molar-refractivity contribution in [2.45, 2.75) is 26.3 Å². The van der Waals surface area contributed by atoms with Gasteiger partial charge in [0.15, 0.2) is 0 Å². The number of halogens is 1. The van der Waals surface area contributed by atoms with Crippen molar-refractivity contribution in [3.8, 4) is 5.75 Å². The molecule has 1 unspecified atom stereocenters. The number of hydrogen-bond acceptors (Lipinski definition) is 2. The van der Waals surface area contributed by atoms with Crippen molar-refractivity contribution in [3.63, 3.8) is 0 Å². The number of fused-ring (bicyclic) bond motifs is 1. The quantitative estimate of drug-likeness (QED) is 0.756. The van der Waals surface area contributed by atoms with Gasteiger partial charge in [0.1, 0.15) is 5.75 Å². The molecule has 76 valence electrons. The average molecular weight is 256 g/mol. The lowest BCUT2D eigenvalue weighted by Crippen LogP contribution is -2.21. The Balaban J connectivity index is 2.36. The molecule has 2 N–H and O–H groups in total. The zero-order valence-electron chi connectivity index (χ0n) is 8.34. The van der Waals surface area contributed by atoms with Crippen molar-refractivity contribution in [1.29, 1.82) is 0 Å². The molecule has 0 radical (unpaired) electrons. The predicted octanol–water partition coefficient (Wildman–Crippen LogP) is 3.15. The molecule has 2 rings (SSSR count). The van der Waals surface area contributed by atoms with Crippen molar-refractivity contribution in [2.24, 2.45) is 5.92 Å². The van der Waals surface area contributed by atoms with Gasteiger partial charge in [-0.05, 0) is 46.0 Å². The number of phenolic OH excluding ortho intramolecular Hbond substituents is 1. The lowest BCUT2D eigenvalue weighted by molar-refractivity contribution is 0.470. The summed E-state index contributed by atoms with van der Waals surface area (Å²) in [6.45, 7) is 4.41. The Hall–Kier alpha value is -0.700. The first-order valence-corrected chi connectivity index (χ1v) is 5.65. The van der Waals surface area contributed by atoms with Crippen LogP contribution in [0.2, 0.25) is 0 Å². The maximum Gasteiger partial charge on any atom is 0.130 e. The van der Waals surface area contributed by atoms with E-state index in [0.717, 1.165) is 16.6 Å². The third-order valence-corrected chi connectivity index (χ3v) is 3.68. The minimum Gasteiger partial charge on any atom is -0.507 e. The van der Waals surface area contributed by atoms with Gasteiger partial charge in [0, 0.05) is 11.7 Å². The summed E-state index contributed by atoms with van der Waals surface area (Å²) in [5.74, 6) is 0.936. The molecule has 0 saturated carbocycles. The molecule has 0 bridgehead atoms. The second-order valence-corrected chi connectivity index (χ2v) is 4.92. The first-order chi connectivity index (χ1) is 6.59. The Labute approximate surface area is 92.5 Å². The average Bonchev–Trinajstić information content (AvgIpc) is 2.56. The van der Waals surface area contributed by atoms with E-state index in [0.29, 0.717) is 17.7 Å². The molecule has 1 aromatic carbocycles. The molecule has 1 heterocycles. The fourth-order valence-electron chi connectivity index (χ4n) is 1.82. The topological polar surface area (TPSA) is 32.3 Å². The summed E-state index contributed by atoms with van der Waals surface area (Å²) >= 11 is 3.42. The monoisotopic (exact) mass is 255 g/mol. The van der Waals surface area contributed by atoms with E-state index in [-0.39, 0.29) is 0 Å². The van der Waals surface area contributed by atoms with E-state index in [9.17, 15) is 5.11 Å². The van der Waals surface area contributed by atoms with Crippen LogP contribution in [0.5, 0.6) is 5.75 Å². The van der Waals surface area contributed by atoms with Crippen LogP contribution in [0.25, 0.3) is 0 Å². The van der Waals surface area contributed by atoms with E-state index >= 15 is 0 Å². The highest BCUT2D eigenvalue weighted by molar-refractivity contribution is 9.10. The van der Waals surface area contributed by atoms with Crippen LogP contribution in [0.1, 0.15) is 19.4 Å². The maximum absolute atomic E-state index is 9.53. The molecule has 0 spiro atoms. The summed E-state index contributed by atoms with van der Waals surface area (Å²) in [4.78, 5) is 0. The molecule has 2 nitrogen and oxygen atoms in total. The van der Waals surface area contributed by atoms with Gasteiger partial charge in [-0.1, -0.05) is 13.8 Å². The van der Waals surface area contributed by atoms with Crippen LogP contribution in [-0.2, 0) is 6.42 Å². The first kappa shape index (κ1) is 9.84. The zero-order valence-corrected chi connectivity index (χ0v) is 9.93. The van der Waals surface area contributed by atoms with E-state index in [2.05, 4.69) is 35.1 Å². The summed E-state index contributed by atoms with van der Waals surface area (Å²) < 4.78 is 0.839. The predicted molar refractivity (Wildman–Crippen MR) is 61.8 cm³/mol. The van der Waals surface area contributed by atoms with Crippen LogP contribution >= 0.6 is 15.9 Å². The molecule has 1 aromatic rings. The van der Waals surface area contributed by atoms with Gasteiger partial charge in [-0.15, -0.1) is 0 Å². The highest BCUT2D eigenvalue weighted by Crippen LogP contribution is 2.38. The molecule has 0 aliphatic carbocycles. The molecule has 0 fully saturated rings. The Morgan fingerprint density at radius 3 is 2.86 bits per heavy atom. The number of aromatic hydroxyl groups is 1. The Morgan fingerprint density at radius 2 is 2.21 bits per heavy atom. The number of benzene rings is 1. The van der Waals surface area contributed by atoms with Gasteiger partial charge in [0.2, 0.25) is 0 Å². The smallest absolute Gasteiger partial charge is 0.130 e. The van der Waals surface area contributed by atoms with Crippen LogP contribution in [-0.4, -0.2) is 11.1 Å². The van der Waals surface area contributed by atoms with Gasteiger partial charge in [0.05, 0.1) is 4.47 Å². The van der Waals surface area contributed by atoms with Crippen LogP contribution in [0.4, 0.5) is 5.69 Å². The van der Waals surface area contributed by atoms with Gasteiger partial charge in [-0.2, -0.15) is 0 Å². The van der Waals surface area contributed by atoms with Crippen molar-refractivity contribution in [1.82, 2.24) is 0 Å². The number of phenols is 1. The van der Waals surface area contributed by atoms with Gasteiger partial charge in [-0.25, -0.2) is 0 Å². The van der Waals surface area contributed by atoms with Crippen LogP contribution in [0, 0.1) is 5.92 Å². The van der Waals surface area contributed by atoms with E-state index < -0.39 is 0 Å². The molecule has 1 atom stereocenters. The van der Waals surface area contributed by atoms with E-state index in [1.807, 2.05) is 6.07 Å². The zero-order chi connectivity index (χ0) is 10.3. The number of hydrogen-bond donors (Lipinski definition) is 2. The SMILES string of the molecule is CC(C)C1Cc2c(ccc(O)c2Br)N1. The summed E-state index contributed by atoms with van der Waals surface area (Å²) in [6.07, 6.45) is 0.988. The van der Waals surface area contributed by atoms with Gasteiger partial charge in [0.25, 0.3) is 0 Å². The standard InChI is InChI=1S/C11H14BrNO/c1-6(2)9-5-7-8(13-9)3-4-10(14)11(7)12/h3-4,6,9,13-14H,5H2,1-2H3. The molecule has 1 aliphatic rings. The van der Waals surface area contributed by atoms with Crippen LogP contribution < -0.4 is 5.32 Å². The van der Waals surface area contributed by atoms with Crippen molar-refractivity contribution < 1.29 is 5.11 Å². The molecule has 14 heavy (non-hydrogen) atoms. The lowest BCUT2D eigenvalue weighted by Gasteiger charge is -2.14. The Kier molecular flexibility index (Phi) is 2.43. The Morgan fingerprint density at radius 1 is 1.50 bits per heavy atom. The molecule has 0 aromatic heterocycles. The summed E-state index contributed by atoms with van der Waals surface area (Å²) in [7, 11) is 0. The summed E-state index contributed by atoms with van der Waals surface area (Å²) in [5, 5.41) is 13.0. The van der Waals surface area contributed by atoms with Gasteiger partial charge < -0.3 is 10.4 Å². The fraction of sp³-hybridized carbons (Fsp3) is 0.455. The highest BCUT2D eigenvalue weighted by atomic mass is 79.9. The second kappa shape index (κ2) is 3.46. The third-order valence-electron chi connectivity index (χ3n) is 2.79. The largest absolute Gasteiger partial charge is 0.507 e. The lowest BCUT2D eigenvalue weighted by atomic mass is 10.0.